The summed E-state index contributed by atoms with van der Waals surface area (Å²) in [7, 11) is 3.24. The monoisotopic (exact) mass is 338 g/mol. The molecule has 1 aromatic rings. The van der Waals surface area contributed by atoms with Crippen molar-refractivity contribution in [3.63, 3.8) is 0 Å². The molecule has 122 valence electrons. The van der Waals surface area contributed by atoms with E-state index in [1.54, 1.807) is 20.4 Å². The van der Waals surface area contributed by atoms with E-state index in [1.165, 1.54) is 0 Å². The smallest absolute Gasteiger partial charge is 0.226 e. The number of rotatable bonds is 8. The van der Waals surface area contributed by atoms with Crippen LogP contribution in [0.2, 0.25) is 0 Å². The minimum Gasteiger partial charge on any atom is -0.480 e. The van der Waals surface area contributed by atoms with Crippen molar-refractivity contribution in [1.82, 2.24) is 9.97 Å². The Kier molecular flexibility index (Phi) is 13.4. The predicted molar refractivity (Wildman–Crippen MR) is 90.7 cm³/mol. The number of nitrogens with two attached hydrogens (primary N) is 1. The molecule has 0 aliphatic heterocycles. The van der Waals surface area contributed by atoms with Crippen LogP contribution in [0.25, 0.3) is 6.08 Å². The van der Waals surface area contributed by atoms with Crippen LogP contribution in [0.15, 0.2) is 12.3 Å². The molecule has 1 aromatic heterocycles. The standard InChI is InChI=1S/C13H22N4O2.2ClH/c1-10(14)5-4-6-11-9-16-13(15-7-8-18-2)17-12(11)19-3;;/h4,6,9-10H,5,7-8,14H2,1-3H3,(H,15,16,17);2*1H/b6-4+;;/t10-;;/m0../s1. The summed E-state index contributed by atoms with van der Waals surface area (Å²) in [4.78, 5) is 8.49. The van der Waals surface area contributed by atoms with Crippen molar-refractivity contribution in [2.45, 2.75) is 19.4 Å². The average Bonchev–Trinajstić information content (AvgIpc) is 2.40. The third-order valence-corrected chi connectivity index (χ3v) is 2.37. The Morgan fingerprint density at radius 1 is 1.38 bits per heavy atom. The number of ether oxygens (including phenoxy) is 2. The van der Waals surface area contributed by atoms with Crippen LogP contribution in [0, 0.1) is 0 Å². The Labute approximate surface area is 138 Å². The van der Waals surface area contributed by atoms with Crippen LogP contribution in [0.3, 0.4) is 0 Å². The van der Waals surface area contributed by atoms with Crippen molar-refractivity contribution >= 4 is 36.8 Å². The summed E-state index contributed by atoms with van der Waals surface area (Å²) in [5.74, 6) is 1.06. The first-order chi connectivity index (χ1) is 9.17. The zero-order valence-corrected chi connectivity index (χ0v) is 14.2. The molecule has 0 spiro atoms. The Morgan fingerprint density at radius 2 is 2.10 bits per heavy atom. The van der Waals surface area contributed by atoms with Gasteiger partial charge in [0.05, 0.1) is 19.3 Å². The molecule has 1 rings (SSSR count). The average molecular weight is 339 g/mol. The van der Waals surface area contributed by atoms with Crippen molar-refractivity contribution in [2.24, 2.45) is 5.73 Å². The van der Waals surface area contributed by atoms with Crippen LogP contribution in [0.1, 0.15) is 18.9 Å². The molecule has 0 fully saturated rings. The highest BCUT2D eigenvalue weighted by molar-refractivity contribution is 5.85. The fourth-order valence-corrected chi connectivity index (χ4v) is 1.41. The number of nitrogens with zero attached hydrogens (tertiary/aromatic N) is 2. The summed E-state index contributed by atoms with van der Waals surface area (Å²) in [5, 5.41) is 3.05. The lowest BCUT2D eigenvalue weighted by atomic mass is 10.2. The molecule has 0 aliphatic rings. The van der Waals surface area contributed by atoms with Gasteiger partial charge in [0, 0.05) is 25.9 Å². The highest BCUT2D eigenvalue weighted by Gasteiger charge is 2.04. The van der Waals surface area contributed by atoms with Gasteiger partial charge in [-0.3, -0.25) is 0 Å². The Morgan fingerprint density at radius 3 is 2.67 bits per heavy atom. The van der Waals surface area contributed by atoms with E-state index >= 15 is 0 Å². The lowest BCUT2D eigenvalue weighted by molar-refractivity contribution is 0.210. The van der Waals surface area contributed by atoms with Crippen molar-refractivity contribution < 1.29 is 9.47 Å². The lowest BCUT2D eigenvalue weighted by Crippen LogP contribution is -2.12. The van der Waals surface area contributed by atoms with Crippen molar-refractivity contribution in [3.05, 3.63) is 17.8 Å². The molecular weight excluding hydrogens is 315 g/mol. The zero-order valence-electron chi connectivity index (χ0n) is 12.5. The first-order valence-corrected chi connectivity index (χ1v) is 6.23. The van der Waals surface area contributed by atoms with Crippen LogP contribution in [-0.4, -0.2) is 43.4 Å². The summed E-state index contributed by atoms with van der Waals surface area (Å²) in [6.45, 7) is 3.21. The molecule has 6 nitrogen and oxygen atoms in total. The van der Waals surface area contributed by atoms with Crippen molar-refractivity contribution in [2.75, 3.05) is 32.7 Å². The van der Waals surface area contributed by atoms with Gasteiger partial charge in [-0.25, -0.2) is 4.98 Å². The molecule has 21 heavy (non-hydrogen) atoms. The van der Waals surface area contributed by atoms with Gasteiger partial charge in [-0.15, -0.1) is 24.8 Å². The van der Waals surface area contributed by atoms with Crippen LogP contribution in [0.5, 0.6) is 5.88 Å². The Balaban J connectivity index is 0. The molecule has 0 aliphatic carbocycles. The first-order valence-electron chi connectivity index (χ1n) is 6.23. The molecule has 0 saturated heterocycles. The van der Waals surface area contributed by atoms with Gasteiger partial charge in [0.25, 0.3) is 0 Å². The van der Waals surface area contributed by atoms with E-state index in [2.05, 4.69) is 15.3 Å². The number of hydrogen-bond acceptors (Lipinski definition) is 6. The van der Waals surface area contributed by atoms with E-state index in [1.807, 2.05) is 19.1 Å². The molecule has 3 N–H and O–H groups in total. The maximum atomic E-state index is 5.68. The highest BCUT2D eigenvalue weighted by atomic mass is 35.5. The largest absolute Gasteiger partial charge is 0.480 e. The van der Waals surface area contributed by atoms with Gasteiger partial charge in [-0.2, -0.15) is 4.98 Å². The minimum absolute atomic E-state index is 0. The van der Waals surface area contributed by atoms with Gasteiger partial charge >= 0.3 is 0 Å². The van der Waals surface area contributed by atoms with E-state index in [9.17, 15) is 0 Å². The number of anilines is 1. The molecule has 0 amide bonds. The van der Waals surface area contributed by atoms with Crippen molar-refractivity contribution in [3.8, 4) is 5.88 Å². The molecule has 1 heterocycles. The maximum Gasteiger partial charge on any atom is 0.226 e. The van der Waals surface area contributed by atoms with E-state index in [0.717, 1.165) is 12.0 Å². The molecule has 0 saturated carbocycles. The maximum absolute atomic E-state index is 5.68. The Bertz CT molecular complexity index is 417. The number of methoxy groups -OCH3 is 2. The number of nitrogens with one attached hydrogen (secondary N) is 1. The summed E-state index contributed by atoms with van der Waals surface area (Å²) >= 11 is 0. The normalized spacial score (nSPS) is 11.4. The molecule has 0 aromatic carbocycles. The van der Waals surface area contributed by atoms with E-state index < -0.39 is 0 Å². The Hall–Kier alpha value is -1.08. The predicted octanol–water partition coefficient (Wildman–Crippen LogP) is 2.14. The van der Waals surface area contributed by atoms with Gasteiger partial charge < -0.3 is 20.5 Å². The molecule has 1 atom stereocenters. The van der Waals surface area contributed by atoms with Gasteiger partial charge in [0.2, 0.25) is 11.8 Å². The number of hydrogen-bond donors (Lipinski definition) is 2. The van der Waals surface area contributed by atoms with Gasteiger partial charge in [0.1, 0.15) is 0 Å². The quantitative estimate of drug-likeness (QED) is 0.706. The van der Waals surface area contributed by atoms with Crippen LogP contribution < -0.4 is 15.8 Å². The minimum atomic E-state index is 0. The van der Waals surface area contributed by atoms with Gasteiger partial charge in [-0.05, 0) is 13.3 Å². The van der Waals surface area contributed by atoms with Gasteiger partial charge in [-0.1, -0.05) is 12.2 Å². The van der Waals surface area contributed by atoms with Crippen LogP contribution in [0.4, 0.5) is 5.95 Å². The van der Waals surface area contributed by atoms with E-state index in [-0.39, 0.29) is 30.9 Å². The second-order valence-electron chi connectivity index (χ2n) is 4.19. The van der Waals surface area contributed by atoms with E-state index in [4.69, 9.17) is 15.2 Å². The second kappa shape index (κ2) is 12.6. The van der Waals surface area contributed by atoms with Crippen LogP contribution in [-0.2, 0) is 4.74 Å². The first kappa shape index (κ1) is 22.2. The fourth-order valence-electron chi connectivity index (χ4n) is 1.41. The third kappa shape index (κ3) is 8.72. The number of aromatic nitrogens is 2. The summed E-state index contributed by atoms with van der Waals surface area (Å²) in [6, 6.07) is 0.137. The van der Waals surface area contributed by atoms with E-state index in [0.29, 0.717) is 25.0 Å². The van der Waals surface area contributed by atoms with Crippen molar-refractivity contribution in [1.29, 1.82) is 0 Å². The zero-order chi connectivity index (χ0) is 14.1. The summed E-state index contributed by atoms with van der Waals surface area (Å²) in [6.07, 6.45) is 6.43. The fraction of sp³-hybridized carbons (Fsp3) is 0.538. The molecule has 0 unspecified atom stereocenters. The third-order valence-electron chi connectivity index (χ3n) is 2.37. The number of halogens is 2. The highest BCUT2D eigenvalue weighted by Crippen LogP contribution is 2.17. The second-order valence-corrected chi connectivity index (χ2v) is 4.19. The molecule has 8 heteroatoms. The molecule has 0 bridgehead atoms. The topological polar surface area (TPSA) is 82.3 Å². The summed E-state index contributed by atoms with van der Waals surface area (Å²) < 4.78 is 10.2. The molecule has 0 radical (unpaired) electrons. The van der Waals surface area contributed by atoms with Gasteiger partial charge in [0.15, 0.2) is 0 Å². The summed E-state index contributed by atoms with van der Waals surface area (Å²) in [5.41, 5.74) is 6.52. The molecular formula is C13H24Cl2N4O2. The lowest BCUT2D eigenvalue weighted by Gasteiger charge is -2.08. The van der Waals surface area contributed by atoms with Crippen LogP contribution >= 0.6 is 24.8 Å². The SMILES string of the molecule is COCCNc1ncc(/C=C/C[C@H](C)N)c(OC)n1.Cl.Cl.